The number of fused-ring (bicyclic) bond motifs is 1. The second-order valence-corrected chi connectivity index (χ2v) is 6.63. The number of aliphatic hydroxyl groups is 1. The Morgan fingerprint density at radius 3 is 2.68 bits per heavy atom. The summed E-state index contributed by atoms with van der Waals surface area (Å²) in [5, 5.41) is 12.4. The van der Waals surface area contributed by atoms with E-state index in [2.05, 4.69) is 10.3 Å². The number of carbonyl (C=O) groups excluding carboxylic acids is 2. The van der Waals surface area contributed by atoms with Gasteiger partial charge < -0.3 is 29.7 Å². The Kier molecular flexibility index (Phi) is 5.10. The van der Waals surface area contributed by atoms with Gasteiger partial charge in [-0.05, 0) is 32.0 Å². The van der Waals surface area contributed by atoms with Gasteiger partial charge >= 0.3 is 0 Å². The van der Waals surface area contributed by atoms with E-state index in [0.29, 0.717) is 34.1 Å². The summed E-state index contributed by atoms with van der Waals surface area (Å²) in [4.78, 5) is 28.3. The van der Waals surface area contributed by atoms with E-state index in [4.69, 9.17) is 19.3 Å². The van der Waals surface area contributed by atoms with Crippen LogP contribution in [0.25, 0.3) is 11.0 Å². The fourth-order valence-electron chi connectivity index (χ4n) is 2.69. The molecule has 1 atom stereocenters. The minimum atomic E-state index is -1.59. The number of rotatable bonds is 7. The van der Waals surface area contributed by atoms with Crippen LogP contribution in [0.2, 0.25) is 0 Å². The van der Waals surface area contributed by atoms with Crippen molar-refractivity contribution in [2.75, 3.05) is 6.61 Å². The van der Waals surface area contributed by atoms with Crippen LogP contribution in [0.1, 0.15) is 34.7 Å². The van der Waals surface area contributed by atoms with Crippen molar-refractivity contribution in [2.45, 2.75) is 32.9 Å². The van der Waals surface area contributed by atoms with Crippen LogP contribution in [0.5, 0.6) is 5.75 Å². The number of nitrogens with two attached hydrogens (primary N) is 1. The molecule has 0 saturated carbocycles. The van der Waals surface area contributed by atoms with E-state index in [0.717, 1.165) is 0 Å². The Morgan fingerprint density at radius 1 is 1.32 bits per heavy atom. The molecule has 0 radical (unpaired) electrons. The van der Waals surface area contributed by atoms with Crippen molar-refractivity contribution in [3.8, 4) is 5.75 Å². The number of nitrogens with zero attached hydrogens (tertiary/aromatic N) is 1. The van der Waals surface area contributed by atoms with Crippen molar-refractivity contribution in [1.82, 2.24) is 10.3 Å². The van der Waals surface area contributed by atoms with Crippen LogP contribution in [0.15, 0.2) is 33.2 Å². The molecule has 2 amide bonds. The molecular formula is C19H21N3O6. The van der Waals surface area contributed by atoms with Gasteiger partial charge in [0.2, 0.25) is 5.91 Å². The fraction of sp³-hybridized carbons (Fsp3) is 0.316. The number of primary amides is 1. The molecule has 28 heavy (non-hydrogen) atoms. The van der Waals surface area contributed by atoms with Gasteiger partial charge in [-0.1, -0.05) is 0 Å². The summed E-state index contributed by atoms with van der Waals surface area (Å²) in [6, 6.07) is 5.04. The summed E-state index contributed by atoms with van der Waals surface area (Å²) in [7, 11) is 0. The number of aryl methyl sites for hydroxylation is 2. The molecule has 0 fully saturated rings. The van der Waals surface area contributed by atoms with Crippen LogP contribution in [-0.2, 0) is 11.4 Å². The maximum atomic E-state index is 12.8. The lowest BCUT2D eigenvalue weighted by Gasteiger charge is -2.24. The average Bonchev–Trinajstić information content (AvgIpc) is 3.21. The summed E-state index contributed by atoms with van der Waals surface area (Å²) in [6.07, 6.45) is 1.58. The van der Waals surface area contributed by atoms with E-state index >= 15 is 0 Å². The van der Waals surface area contributed by atoms with Gasteiger partial charge in [-0.15, -0.1) is 0 Å². The molecule has 2 heterocycles. The molecule has 4 N–H and O–H groups in total. The molecule has 0 bridgehead atoms. The Labute approximate surface area is 160 Å². The Bertz CT molecular complexity index is 1040. The number of aliphatic hydroxyl groups excluding tert-OH is 1. The van der Waals surface area contributed by atoms with Gasteiger partial charge in [0.05, 0.1) is 18.4 Å². The van der Waals surface area contributed by atoms with Crippen molar-refractivity contribution in [1.29, 1.82) is 0 Å². The quantitative estimate of drug-likeness (QED) is 0.559. The van der Waals surface area contributed by atoms with E-state index in [-0.39, 0.29) is 12.2 Å². The Hall–Kier alpha value is -3.33. The number of carbonyl (C=O) groups is 2. The lowest BCUT2D eigenvalue weighted by atomic mass is 10.0. The number of amides is 2. The molecule has 3 aromatic rings. The van der Waals surface area contributed by atoms with Crippen molar-refractivity contribution in [2.24, 2.45) is 5.73 Å². The first kappa shape index (κ1) is 19.4. The number of nitrogens with one attached hydrogen (secondary N) is 1. The van der Waals surface area contributed by atoms with E-state index in [1.807, 2.05) is 0 Å². The first-order valence-corrected chi connectivity index (χ1v) is 8.54. The molecular weight excluding hydrogens is 366 g/mol. The van der Waals surface area contributed by atoms with Gasteiger partial charge in [0.15, 0.2) is 11.7 Å². The smallest absolute Gasteiger partial charge is 0.256 e. The molecule has 148 valence electrons. The first-order valence-electron chi connectivity index (χ1n) is 8.54. The predicted octanol–water partition coefficient (Wildman–Crippen LogP) is 1.58. The van der Waals surface area contributed by atoms with E-state index in [1.165, 1.54) is 6.92 Å². The molecule has 0 aliphatic heterocycles. The van der Waals surface area contributed by atoms with Gasteiger partial charge in [-0.3, -0.25) is 9.59 Å². The van der Waals surface area contributed by atoms with Crippen LogP contribution in [-0.4, -0.2) is 34.1 Å². The van der Waals surface area contributed by atoms with Crippen LogP contribution < -0.4 is 15.8 Å². The highest BCUT2D eigenvalue weighted by Gasteiger charge is 2.34. The monoisotopic (exact) mass is 387 g/mol. The standard InChI is InChI=1S/C19H21N3O6/c1-10-16(17(24)22-19(3,9-23)18(20)25)14-6-12(4-5-15(14)27-10)26-8-13-7-21-11(2)28-13/h4-7,23H,8-9H2,1-3H3,(H2,20,25)(H,22,24)/t19-/m0/s1. The third-order valence-corrected chi connectivity index (χ3v) is 4.36. The zero-order chi connectivity index (χ0) is 20.5. The van der Waals surface area contributed by atoms with E-state index in [1.54, 1.807) is 38.2 Å². The van der Waals surface area contributed by atoms with E-state index < -0.39 is 24.0 Å². The molecule has 0 aliphatic carbocycles. The zero-order valence-electron chi connectivity index (χ0n) is 15.7. The third-order valence-electron chi connectivity index (χ3n) is 4.36. The number of ether oxygens (including phenoxy) is 1. The Morgan fingerprint density at radius 2 is 2.07 bits per heavy atom. The molecule has 0 unspecified atom stereocenters. The number of aromatic nitrogens is 1. The van der Waals surface area contributed by atoms with Crippen LogP contribution in [0.4, 0.5) is 0 Å². The van der Waals surface area contributed by atoms with Crippen LogP contribution in [0, 0.1) is 13.8 Å². The largest absolute Gasteiger partial charge is 0.486 e. The van der Waals surface area contributed by atoms with Gasteiger partial charge in [-0.2, -0.15) is 0 Å². The zero-order valence-corrected chi connectivity index (χ0v) is 15.7. The number of oxazole rings is 1. The van der Waals surface area contributed by atoms with Crippen molar-refractivity contribution in [3.05, 3.63) is 47.4 Å². The molecule has 0 saturated heterocycles. The molecule has 9 heteroatoms. The molecule has 3 rings (SSSR count). The summed E-state index contributed by atoms with van der Waals surface area (Å²) in [5.74, 6) is 0.533. The number of hydrogen-bond acceptors (Lipinski definition) is 7. The minimum Gasteiger partial charge on any atom is -0.486 e. The lowest BCUT2D eigenvalue weighted by molar-refractivity contribution is -0.124. The van der Waals surface area contributed by atoms with Crippen LogP contribution in [0.3, 0.4) is 0 Å². The highest BCUT2D eigenvalue weighted by molar-refractivity contribution is 6.09. The molecule has 9 nitrogen and oxygen atoms in total. The predicted molar refractivity (Wildman–Crippen MR) is 98.7 cm³/mol. The van der Waals surface area contributed by atoms with E-state index in [9.17, 15) is 14.7 Å². The molecule has 0 aliphatic rings. The number of furan rings is 1. The summed E-state index contributed by atoms with van der Waals surface area (Å²) < 4.78 is 16.7. The normalized spacial score (nSPS) is 13.3. The van der Waals surface area contributed by atoms with Crippen molar-refractivity contribution >= 4 is 22.8 Å². The average molecular weight is 387 g/mol. The molecule has 1 aromatic carbocycles. The second-order valence-electron chi connectivity index (χ2n) is 6.63. The topological polar surface area (TPSA) is 141 Å². The SMILES string of the molecule is Cc1ncc(COc2ccc3oc(C)c(C(=O)N[C@@](C)(CO)C(N)=O)c3c2)o1. The summed E-state index contributed by atoms with van der Waals surface area (Å²) >= 11 is 0. The number of hydrogen-bond donors (Lipinski definition) is 3. The van der Waals surface area contributed by atoms with Gasteiger partial charge in [-0.25, -0.2) is 4.98 Å². The summed E-state index contributed by atoms with van der Waals surface area (Å²) in [6.45, 7) is 4.26. The molecule has 2 aromatic heterocycles. The summed E-state index contributed by atoms with van der Waals surface area (Å²) in [5.41, 5.74) is 4.41. The van der Waals surface area contributed by atoms with Crippen molar-refractivity contribution < 1.29 is 28.3 Å². The third kappa shape index (κ3) is 3.70. The lowest BCUT2D eigenvalue weighted by Crippen LogP contribution is -2.57. The molecule has 0 spiro atoms. The maximum Gasteiger partial charge on any atom is 0.256 e. The van der Waals surface area contributed by atoms with Gasteiger partial charge in [0.25, 0.3) is 5.91 Å². The Balaban J connectivity index is 1.88. The highest BCUT2D eigenvalue weighted by atomic mass is 16.5. The fourth-order valence-corrected chi connectivity index (χ4v) is 2.69. The maximum absolute atomic E-state index is 12.8. The second kappa shape index (κ2) is 7.35. The highest BCUT2D eigenvalue weighted by Crippen LogP contribution is 2.30. The van der Waals surface area contributed by atoms with Gasteiger partial charge in [0, 0.05) is 12.3 Å². The minimum absolute atomic E-state index is 0.176. The number of benzene rings is 1. The van der Waals surface area contributed by atoms with Gasteiger partial charge in [0.1, 0.15) is 29.2 Å². The van der Waals surface area contributed by atoms with Crippen LogP contribution >= 0.6 is 0 Å². The van der Waals surface area contributed by atoms with Crippen molar-refractivity contribution in [3.63, 3.8) is 0 Å². The first-order chi connectivity index (χ1) is 13.2.